The first kappa shape index (κ1) is 15.3. The normalized spacial score (nSPS) is 40.4. The number of allylic oxidation sites excluding steroid dienone is 5. The van der Waals surface area contributed by atoms with Gasteiger partial charge in [0.1, 0.15) is 0 Å². The summed E-state index contributed by atoms with van der Waals surface area (Å²) in [4.78, 5) is 11.7. The lowest BCUT2D eigenvalue weighted by molar-refractivity contribution is -0.148. The van der Waals surface area contributed by atoms with E-state index in [9.17, 15) is 9.90 Å². The SMILES string of the molecule is CC(O)OC1CCC2C3CCC4=CC(=O)CCC4=C3C=CC12C. The molecular formula is C20H26O3. The third-order valence-corrected chi connectivity index (χ3v) is 6.52. The number of rotatable bonds is 2. The Morgan fingerprint density at radius 2 is 2.09 bits per heavy atom. The minimum atomic E-state index is -0.700. The van der Waals surface area contributed by atoms with E-state index in [0.29, 0.717) is 24.0 Å². The lowest BCUT2D eigenvalue weighted by atomic mass is 9.60. The second-order valence-corrected chi connectivity index (χ2v) is 7.82. The fourth-order valence-electron chi connectivity index (χ4n) is 5.43. The van der Waals surface area contributed by atoms with E-state index < -0.39 is 6.29 Å². The summed E-state index contributed by atoms with van der Waals surface area (Å²) < 4.78 is 5.82. The third kappa shape index (κ3) is 2.36. The van der Waals surface area contributed by atoms with Crippen molar-refractivity contribution in [3.8, 4) is 0 Å². The Kier molecular flexibility index (Phi) is 3.62. The van der Waals surface area contributed by atoms with Gasteiger partial charge >= 0.3 is 0 Å². The van der Waals surface area contributed by atoms with Crippen LogP contribution in [0.5, 0.6) is 0 Å². The van der Waals surface area contributed by atoms with Gasteiger partial charge in [-0.25, -0.2) is 0 Å². The lowest BCUT2D eigenvalue weighted by Crippen LogP contribution is -2.41. The van der Waals surface area contributed by atoms with Crippen LogP contribution >= 0.6 is 0 Å². The Labute approximate surface area is 138 Å². The lowest BCUT2D eigenvalue weighted by Gasteiger charge is -2.45. The van der Waals surface area contributed by atoms with Crippen LogP contribution in [0.15, 0.2) is 34.9 Å². The molecule has 4 rings (SSSR count). The molecule has 4 aliphatic carbocycles. The summed E-state index contributed by atoms with van der Waals surface area (Å²) >= 11 is 0. The second kappa shape index (κ2) is 5.42. The maximum absolute atomic E-state index is 11.7. The number of ketones is 1. The maximum Gasteiger partial charge on any atom is 0.156 e. The molecular weight excluding hydrogens is 288 g/mol. The first-order valence-electron chi connectivity index (χ1n) is 8.98. The highest BCUT2D eigenvalue weighted by molar-refractivity contribution is 5.93. The molecule has 0 aromatic carbocycles. The highest BCUT2D eigenvalue weighted by Crippen LogP contribution is 2.58. The summed E-state index contributed by atoms with van der Waals surface area (Å²) in [6.45, 7) is 4.00. The quantitative estimate of drug-likeness (QED) is 0.791. The van der Waals surface area contributed by atoms with E-state index >= 15 is 0 Å². The molecule has 3 nitrogen and oxygen atoms in total. The maximum atomic E-state index is 11.7. The van der Waals surface area contributed by atoms with Crippen LogP contribution in [-0.2, 0) is 9.53 Å². The van der Waals surface area contributed by atoms with E-state index in [-0.39, 0.29) is 11.5 Å². The van der Waals surface area contributed by atoms with E-state index in [2.05, 4.69) is 19.1 Å². The van der Waals surface area contributed by atoms with Crippen LogP contribution in [0.1, 0.15) is 52.4 Å². The molecule has 0 bridgehead atoms. The molecule has 0 amide bonds. The second-order valence-electron chi connectivity index (χ2n) is 7.82. The molecule has 3 heteroatoms. The first-order valence-corrected chi connectivity index (χ1v) is 8.98. The molecule has 124 valence electrons. The minimum absolute atomic E-state index is 0.0252. The fourth-order valence-corrected chi connectivity index (χ4v) is 5.43. The third-order valence-electron chi connectivity index (χ3n) is 6.52. The van der Waals surface area contributed by atoms with Crippen LogP contribution in [0.25, 0.3) is 0 Å². The zero-order valence-electron chi connectivity index (χ0n) is 14.0. The molecule has 5 atom stereocenters. The van der Waals surface area contributed by atoms with Crippen molar-refractivity contribution in [1.29, 1.82) is 0 Å². The Morgan fingerprint density at radius 3 is 2.87 bits per heavy atom. The number of carbonyl (C=O) groups is 1. The molecule has 1 N–H and O–H groups in total. The van der Waals surface area contributed by atoms with Crippen molar-refractivity contribution < 1.29 is 14.6 Å². The highest BCUT2D eigenvalue weighted by atomic mass is 16.6. The van der Waals surface area contributed by atoms with Gasteiger partial charge in [-0.2, -0.15) is 0 Å². The molecule has 23 heavy (non-hydrogen) atoms. The minimum Gasteiger partial charge on any atom is -0.368 e. The Bertz CT molecular complexity index is 625. The number of fused-ring (bicyclic) bond motifs is 4. The zero-order valence-corrected chi connectivity index (χ0v) is 14.0. The predicted octanol–water partition coefficient (Wildman–Crippen LogP) is 3.69. The molecule has 0 radical (unpaired) electrons. The smallest absolute Gasteiger partial charge is 0.156 e. The van der Waals surface area contributed by atoms with Gasteiger partial charge in [0.2, 0.25) is 0 Å². The Balaban J connectivity index is 1.72. The molecule has 0 heterocycles. The molecule has 0 saturated heterocycles. The van der Waals surface area contributed by atoms with E-state index in [1.165, 1.54) is 16.7 Å². The Morgan fingerprint density at radius 1 is 1.26 bits per heavy atom. The summed E-state index contributed by atoms with van der Waals surface area (Å²) in [6, 6.07) is 0. The van der Waals surface area contributed by atoms with Gasteiger partial charge in [0.25, 0.3) is 0 Å². The molecule has 4 aliphatic rings. The molecule has 5 unspecified atom stereocenters. The summed E-state index contributed by atoms with van der Waals surface area (Å²) in [5, 5.41) is 9.63. The van der Waals surface area contributed by atoms with Crippen molar-refractivity contribution in [2.24, 2.45) is 17.3 Å². The number of ether oxygens (including phenoxy) is 1. The Hall–Kier alpha value is -1.19. The van der Waals surface area contributed by atoms with Crippen LogP contribution in [0.2, 0.25) is 0 Å². The fraction of sp³-hybridized carbons (Fsp3) is 0.650. The average Bonchev–Trinajstić information content (AvgIpc) is 2.83. The number of aliphatic hydroxyl groups excluding tert-OH is 1. The van der Waals surface area contributed by atoms with Crippen LogP contribution in [0, 0.1) is 17.3 Å². The van der Waals surface area contributed by atoms with Crippen molar-refractivity contribution >= 4 is 5.78 Å². The van der Waals surface area contributed by atoms with Crippen molar-refractivity contribution in [3.05, 3.63) is 34.9 Å². The van der Waals surface area contributed by atoms with Gasteiger partial charge in [0.05, 0.1) is 6.10 Å². The van der Waals surface area contributed by atoms with Crippen LogP contribution in [-0.4, -0.2) is 23.3 Å². The molecule has 0 spiro atoms. The summed E-state index contributed by atoms with van der Waals surface area (Å²) in [6.07, 6.45) is 11.9. The molecule has 1 fully saturated rings. The zero-order chi connectivity index (χ0) is 16.2. The van der Waals surface area contributed by atoms with Gasteiger partial charge in [0, 0.05) is 11.8 Å². The summed E-state index contributed by atoms with van der Waals surface area (Å²) in [5.41, 5.74) is 4.24. The number of carbonyl (C=O) groups excluding carboxylic acids is 1. The van der Waals surface area contributed by atoms with Crippen molar-refractivity contribution in [2.75, 3.05) is 0 Å². The summed E-state index contributed by atoms with van der Waals surface area (Å²) in [7, 11) is 0. The number of aliphatic hydroxyl groups is 1. The van der Waals surface area contributed by atoms with E-state index in [1.54, 1.807) is 6.92 Å². The molecule has 0 aromatic heterocycles. The van der Waals surface area contributed by atoms with E-state index in [1.807, 2.05) is 6.08 Å². The monoisotopic (exact) mass is 314 g/mol. The van der Waals surface area contributed by atoms with Crippen LogP contribution < -0.4 is 0 Å². The van der Waals surface area contributed by atoms with Gasteiger partial charge in [-0.1, -0.05) is 19.1 Å². The first-order chi connectivity index (χ1) is 11.0. The van der Waals surface area contributed by atoms with Crippen molar-refractivity contribution in [1.82, 2.24) is 0 Å². The van der Waals surface area contributed by atoms with Gasteiger partial charge < -0.3 is 9.84 Å². The van der Waals surface area contributed by atoms with Crippen LogP contribution in [0.4, 0.5) is 0 Å². The topological polar surface area (TPSA) is 46.5 Å². The average molecular weight is 314 g/mol. The van der Waals surface area contributed by atoms with Gasteiger partial charge in [0.15, 0.2) is 12.1 Å². The largest absolute Gasteiger partial charge is 0.368 e. The standard InChI is InChI=1S/C20H26O3/c1-12(21)23-19-8-7-18-17-5-3-13-11-14(22)4-6-15(13)16(17)9-10-20(18,19)2/h9-12,17-19,21H,3-8H2,1-2H3. The van der Waals surface area contributed by atoms with E-state index in [4.69, 9.17) is 4.74 Å². The van der Waals surface area contributed by atoms with Gasteiger partial charge in [-0.15, -0.1) is 0 Å². The highest BCUT2D eigenvalue weighted by Gasteiger charge is 2.52. The van der Waals surface area contributed by atoms with Gasteiger partial charge in [-0.3, -0.25) is 4.79 Å². The predicted molar refractivity (Wildman–Crippen MR) is 88.6 cm³/mol. The van der Waals surface area contributed by atoms with Crippen molar-refractivity contribution in [3.63, 3.8) is 0 Å². The molecule has 1 saturated carbocycles. The molecule has 0 aromatic rings. The number of hydrogen-bond acceptors (Lipinski definition) is 3. The number of hydrogen-bond donors (Lipinski definition) is 1. The summed E-state index contributed by atoms with van der Waals surface area (Å²) in [5.74, 6) is 1.48. The molecule has 0 aliphatic heterocycles. The van der Waals surface area contributed by atoms with E-state index in [0.717, 1.165) is 32.1 Å². The van der Waals surface area contributed by atoms with Crippen molar-refractivity contribution in [2.45, 2.75) is 64.8 Å². The van der Waals surface area contributed by atoms with Gasteiger partial charge in [-0.05, 0) is 73.7 Å². The van der Waals surface area contributed by atoms with Crippen LogP contribution in [0.3, 0.4) is 0 Å².